The van der Waals surface area contributed by atoms with E-state index in [9.17, 15) is 9.59 Å². The molecule has 0 saturated carbocycles. The van der Waals surface area contributed by atoms with E-state index in [1.807, 2.05) is 13.8 Å². The van der Waals surface area contributed by atoms with Crippen LogP contribution in [0, 0.1) is 11.8 Å². The van der Waals surface area contributed by atoms with Crippen LogP contribution >= 0.6 is 0 Å². The molecule has 0 bridgehead atoms. The molecule has 1 unspecified atom stereocenters. The van der Waals surface area contributed by atoms with Gasteiger partial charge in [0.1, 0.15) is 6.04 Å². The van der Waals surface area contributed by atoms with Gasteiger partial charge in [-0.15, -0.1) is 0 Å². The minimum Gasteiger partial charge on any atom is -0.381 e. The van der Waals surface area contributed by atoms with Crippen LogP contribution in [0.2, 0.25) is 0 Å². The van der Waals surface area contributed by atoms with Gasteiger partial charge in [0.25, 0.3) is 0 Å². The van der Waals surface area contributed by atoms with Crippen molar-refractivity contribution < 1.29 is 14.3 Å². The Hall–Kier alpha value is -1.14. The summed E-state index contributed by atoms with van der Waals surface area (Å²) >= 11 is 0. The van der Waals surface area contributed by atoms with E-state index in [0.29, 0.717) is 25.7 Å². The number of carbonyl (C=O) groups excluding carboxylic acids is 2. The molecular weight excluding hydrogens is 318 g/mol. The summed E-state index contributed by atoms with van der Waals surface area (Å²) in [4.78, 5) is 27.7. The lowest BCUT2D eigenvalue weighted by atomic mass is 9.89. The van der Waals surface area contributed by atoms with Crippen molar-refractivity contribution in [1.82, 2.24) is 15.5 Å². The molecule has 0 aromatic carbocycles. The molecule has 0 aromatic heterocycles. The summed E-state index contributed by atoms with van der Waals surface area (Å²) in [5.41, 5.74) is -0.224. The first kappa shape index (κ1) is 20.2. The maximum absolute atomic E-state index is 12.9. The Morgan fingerprint density at radius 2 is 1.96 bits per heavy atom. The summed E-state index contributed by atoms with van der Waals surface area (Å²) in [5, 5.41) is 6.26. The van der Waals surface area contributed by atoms with Gasteiger partial charge in [-0.25, -0.2) is 0 Å². The summed E-state index contributed by atoms with van der Waals surface area (Å²) in [6.45, 7) is 12.1. The van der Waals surface area contributed by atoms with Gasteiger partial charge in [-0.2, -0.15) is 0 Å². The molecule has 2 heterocycles. The van der Waals surface area contributed by atoms with E-state index in [2.05, 4.69) is 29.4 Å². The first-order chi connectivity index (χ1) is 11.9. The average molecular weight is 354 g/mol. The monoisotopic (exact) mass is 353 g/mol. The largest absolute Gasteiger partial charge is 0.381 e. The van der Waals surface area contributed by atoms with Crippen molar-refractivity contribution >= 4 is 11.8 Å². The number of amides is 2. The normalized spacial score (nSPS) is 24.4. The lowest BCUT2D eigenvalue weighted by Gasteiger charge is -2.39. The molecule has 1 atom stereocenters. The van der Waals surface area contributed by atoms with Crippen molar-refractivity contribution in [2.45, 2.75) is 65.0 Å². The third-order valence-electron chi connectivity index (χ3n) is 5.42. The fourth-order valence-corrected chi connectivity index (χ4v) is 3.98. The summed E-state index contributed by atoms with van der Waals surface area (Å²) in [7, 11) is 0. The second-order valence-corrected chi connectivity index (χ2v) is 8.04. The smallest absolute Gasteiger partial charge is 0.244 e. The second-order valence-electron chi connectivity index (χ2n) is 8.04. The quantitative estimate of drug-likeness (QED) is 0.760. The fraction of sp³-hybridized carbons (Fsp3) is 0.895. The Morgan fingerprint density at radius 3 is 2.52 bits per heavy atom. The average Bonchev–Trinajstić information content (AvgIpc) is 2.65. The van der Waals surface area contributed by atoms with E-state index in [1.165, 1.54) is 0 Å². The van der Waals surface area contributed by atoms with E-state index in [-0.39, 0.29) is 23.3 Å². The number of nitrogens with zero attached hydrogens (tertiary/aromatic N) is 1. The highest BCUT2D eigenvalue weighted by Gasteiger charge is 2.41. The minimum atomic E-state index is -0.478. The molecule has 2 fully saturated rings. The molecule has 0 aliphatic carbocycles. The zero-order valence-corrected chi connectivity index (χ0v) is 16.3. The van der Waals surface area contributed by atoms with Crippen LogP contribution < -0.4 is 10.6 Å². The highest BCUT2D eigenvalue weighted by atomic mass is 16.5. The van der Waals surface area contributed by atoms with Crippen LogP contribution in [0.1, 0.15) is 53.4 Å². The van der Waals surface area contributed by atoms with Gasteiger partial charge in [-0.3, -0.25) is 14.5 Å². The van der Waals surface area contributed by atoms with Crippen molar-refractivity contribution in [2.75, 3.05) is 32.8 Å². The number of hydrogen-bond acceptors (Lipinski definition) is 4. The number of rotatable bonds is 6. The van der Waals surface area contributed by atoms with Crippen LogP contribution in [0.5, 0.6) is 0 Å². The predicted molar refractivity (Wildman–Crippen MR) is 98.2 cm³/mol. The highest BCUT2D eigenvalue weighted by molar-refractivity contribution is 5.89. The van der Waals surface area contributed by atoms with Crippen molar-refractivity contribution in [2.24, 2.45) is 11.8 Å². The van der Waals surface area contributed by atoms with E-state index >= 15 is 0 Å². The maximum atomic E-state index is 12.9. The Labute approximate surface area is 152 Å². The van der Waals surface area contributed by atoms with Gasteiger partial charge >= 0.3 is 0 Å². The Morgan fingerprint density at radius 1 is 1.32 bits per heavy atom. The summed E-state index contributed by atoms with van der Waals surface area (Å²) in [6.07, 6.45) is 3.27. The lowest BCUT2D eigenvalue weighted by Crippen LogP contribution is -2.58. The lowest BCUT2D eigenvalue weighted by molar-refractivity contribution is -0.132. The van der Waals surface area contributed by atoms with Gasteiger partial charge in [-0.05, 0) is 31.6 Å². The topological polar surface area (TPSA) is 70.7 Å². The van der Waals surface area contributed by atoms with Crippen molar-refractivity contribution in [1.29, 1.82) is 0 Å². The molecule has 0 aromatic rings. The zero-order valence-electron chi connectivity index (χ0n) is 16.3. The number of ether oxygens (including phenoxy) is 1. The van der Waals surface area contributed by atoms with Crippen molar-refractivity contribution in [3.05, 3.63) is 0 Å². The molecule has 6 heteroatoms. The first-order valence-corrected chi connectivity index (χ1v) is 9.81. The number of nitrogens with one attached hydrogen (secondary N) is 2. The van der Waals surface area contributed by atoms with Crippen molar-refractivity contribution in [3.63, 3.8) is 0 Å². The molecule has 1 spiro atoms. The number of carbonyl (C=O) groups is 2. The second kappa shape index (κ2) is 8.99. The molecule has 2 rings (SSSR count). The van der Waals surface area contributed by atoms with Gasteiger partial charge in [-0.1, -0.05) is 27.7 Å². The molecule has 2 amide bonds. The van der Waals surface area contributed by atoms with Gasteiger partial charge in [0, 0.05) is 38.8 Å². The van der Waals surface area contributed by atoms with E-state index in [1.54, 1.807) is 0 Å². The van der Waals surface area contributed by atoms with E-state index in [0.717, 1.165) is 38.8 Å². The van der Waals surface area contributed by atoms with Crippen LogP contribution in [0.15, 0.2) is 0 Å². The zero-order chi connectivity index (χ0) is 18.4. The minimum absolute atomic E-state index is 0.00225. The van der Waals surface area contributed by atoms with Gasteiger partial charge in [0.05, 0.1) is 5.54 Å². The molecular formula is C19H35N3O3. The van der Waals surface area contributed by atoms with Gasteiger partial charge in [0.15, 0.2) is 0 Å². The third-order valence-corrected chi connectivity index (χ3v) is 5.42. The molecule has 2 saturated heterocycles. The first-order valence-electron chi connectivity index (χ1n) is 9.81. The van der Waals surface area contributed by atoms with E-state index < -0.39 is 6.04 Å². The number of hydrogen-bond donors (Lipinski definition) is 2. The molecule has 2 aliphatic rings. The highest BCUT2D eigenvalue weighted by Crippen LogP contribution is 2.25. The molecule has 6 nitrogen and oxygen atoms in total. The summed E-state index contributed by atoms with van der Waals surface area (Å²) < 4.78 is 5.50. The molecule has 2 aliphatic heterocycles. The van der Waals surface area contributed by atoms with E-state index in [4.69, 9.17) is 4.74 Å². The summed E-state index contributed by atoms with van der Waals surface area (Å²) in [5.74, 6) is 0.442. The Kier molecular flexibility index (Phi) is 7.25. The molecule has 2 N–H and O–H groups in total. The molecule has 0 radical (unpaired) electrons. The predicted octanol–water partition coefficient (Wildman–Crippen LogP) is 1.54. The maximum Gasteiger partial charge on any atom is 0.244 e. The fourth-order valence-electron chi connectivity index (χ4n) is 3.98. The Bertz CT molecular complexity index is 457. The van der Waals surface area contributed by atoms with Crippen LogP contribution in [0.3, 0.4) is 0 Å². The third kappa shape index (κ3) is 5.42. The van der Waals surface area contributed by atoms with Crippen LogP contribution in [0.4, 0.5) is 0 Å². The molecule has 25 heavy (non-hydrogen) atoms. The van der Waals surface area contributed by atoms with Crippen LogP contribution in [0.25, 0.3) is 0 Å². The van der Waals surface area contributed by atoms with Crippen molar-refractivity contribution in [3.8, 4) is 0 Å². The van der Waals surface area contributed by atoms with Gasteiger partial charge in [0.2, 0.25) is 11.8 Å². The SMILES string of the molecule is CCC(CC)C(=O)NC1CN(CC(C)C)CC2(CCOCC2)NC1=O. The van der Waals surface area contributed by atoms with Crippen LogP contribution in [-0.4, -0.2) is 61.1 Å². The van der Waals surface area contributed by atoms with Gasteiger partial charge < -0.3 is 15.4 Å². The molecule has 144 valence electrons. The van der Waals surface area contributed by atoms with Crippen LogP contribution in [-0.2, 0) is 14.3 Å². The summed E-state index contributed by atoms with van der Waals surface area (Å²) in [6, 6.07) is -0.478. The Balaban J connectivity index is 2.14. The standard InChI is InChI=1S/C19H35N3O3/c1-5-15(6-2)17(23)20-16-12-22(11-14(3)4)13-19(21-18(16)24)7-9-25-10-8-19/h14-16H,5-13H2,1-4H3,(H,20,23)(H,21,24).